The second-order valence-electron chi connectivity index (χ2n) is 3.23. The predicted molar refractivity (Wildman–Crippen MR) is 64.9 cm³/mol. The minimum absolute atomic E-state index is 0.200. The highest BCUT2D eigenvalue weighted by Gasteiger charge is 2.15. The first-order chi connectivity index (χ1) is 8.58. The maximum atomic E-state index is 11.7. The fourth-order valence-corrected chi connectivity index (χ4v) is 1.40. The Labute approximate surface area is 110 Å². The molecule has 0 aliphatic rings. The number of methoxy groups -OCH3 is 1. The molecule has 5 nitrogen and oxygen atoms in total. The number of halogens is 1. The summed E-state index contributed by atoms with van der Waals surface area (Å²) in [6.45, 7) is 1.47. The summed E-state index contributed by atoms with van der Waals surface area (Å²) in [4.78, 5) is 22.7. The third kappa shape index (κ3) is 3.92. The Hall–Kier alpha value is -1.75. The number of esters is 2. The third-order valence-electron chi connectivity index (χ3n) is 2.01. The normalized spacial score (nSPS) is 9.72. The summed E-state index contributed by atoms with van der Waals surface area (Å²) in [6.07, 6.45) is 0. The molecule has 1 aromatic carbocycles. The fourth-order valence-electron chi connectivity index (χ4n) is 1.24. The lowest BCUT2D eigenvalue weighted by Crippen LogP contribution is -2.16. The van der Waals surface area contributed by atoms with Crippen LogP contribution in [0.15, 0.2) is 18.2 Å². The van der Waals surface area contributed by atoms with Crippen LogP contribution in [0.4, 0.5) is 0 Å². The molecule has 6 heteroatoms. The van der Waals surface area contributed by atoms with Crippen molar-refractivity contribution in [2.24, 2.45) is 0 Å². The molecule has 0 fully saturated rings. The van der Waals surface area contributed by atoms with Crippen LogP contribution in [-0.4, -0.2) is 32.3 Å². The summed E-state index contributed by atoms with van der Waals surface area (Å²) < 4.78 is 14.4. The Morgan fingerprint density at radius 1 is 1.28 bits per heavy atom. The molecule has 18 heavy (non-hydrogen) atoms. The van der Waals surface area contributed by atoms with E-state index in [1.54, 1.807) is 6.92 Å². The van der Waals surface area contributed by atoms with Gasteiger partial charge >= 0.3 is 11.9 Å². The molecule has 0 aliphatic carbocycles. The van der Waals surface area contributed by atoms with Gasteiger partial charge < -0.3 is 14.2 Å². The number of benzene rings is 1. The SMILES string of the molecule is CCOC(=O)COC(=O)c1ccc(Cl)cc1OC. The molecule has 1 aromatic rings. The summed E-state index contributed by atoms with van der Waals surface area (Å²) in [5.74, 6) is -0.980. The van der Waals surface area contributed by atoms with Crippen molar-refractivity contribution in [3.63, 3.8) is 0 Å². The number of carbonyl (C=O) groups excluding carboxylic acids is 2. The summed E-state index contributed by atoms with van der Waals surface area (Å²) in [7, 11) is 1.41. The molecule has 98 valence electrons. The van der Waals surface area contributed by atoms with Crippen molar-refractivity contribution in [2.45, 2.75) is 6.92 Å². The standard InChI is InChI=1S/C12H13ClO5/c1-3-17-11(14)7-18-12(15)9-5-4-8(13)6-10(9)16-2/h4-6H,3,7H2,1-2H3. The average molecular weight is 273 g/mol. The Kier molecular flexibility index (Phi) is 5.45. The molecule has 0 amide bonds. The Bertz CT molecular complexity index is 444. The van der Waals surface area contributed by atoms with Crippen molar-refractivity contribution >= 4 is 23.5 Å². The zero-order valence-corrected chi connectivity index (χ0v) is 10.8. The van der Waals surface area contributed by atoms with Crippen molar-refractivity contribution in [3.05, 3.63) is 28.8 Å². The van der Waals surface area contributed by atoms with Gasteiger partial charge in [-0.2, -0.15) is 0 Å². The van der Waals surface area contributed by atoms with E-state index < -0.39 is 18.5 Å². The highest BCUT2D eigenvalue weighted by Crippen LogP contribution is 2.23. The maximum absolute atomic E-state index is 11.7. The van der Waals surface area contributed by atoms with Gasteiger partial charge in [0.15, 0.2) is 6.61 Å². The van der Waals surface area contributed by atoms with E-state index >= 15 is 0 Å². The zero-order valence-electron chi connectivity index (χ0n) is 10.1. The van der Waals surface area contributed by atoms with Gasteiger partial charge in [0.05, 0.1) is 13.7 Å². The first kappa shape index (κ1) is 14.3. The molecule has 0 N–H and O–H groups in total. The van der Waals surface area contributed by atoms with Crippen LogP contribution in [0, 0.1) is 0 Å². The van der Waals surface area contributed by atoms with Gasteiger partial charge in [-0.25, -0.2) is 9.59 Å². The van der Waals surface area contributed by atoms with Gasteiger partial charge in [0.25, 0.3) is 0 Å². The molecular weight excluding hydrogens is 260 g/mol. The fraction of sp³-hybridized carbons (Fsp3) is 0.333. The van der Waals surface area contributed by atoms with Crippen molar-refractivity contribution in [2.75, 3.05) is 20.3 Å². The van der Waals surface area contributed by atoms with Crippen LogP contribution in [0.5, 0.6) is 5.75 Å². The van der Waals surface area contributed by atoms with Gasteiger partial charge in [-0.1, -0.05) is 11.6 Å². The second kappa shape index (κ2) is 6.86. The van der Waals surface area contributed by atoms with Crippen LogP contribution in [0.2, 0.25) is 5.02 Å². The minimum atomic E-state index is -0.670. The number of hydrogen-bond acceptors (Lipinski definition) is 5. The summed E-state index contributed by atoms with van der Waals surface area (Å²) in [6, 6.07) is 4.49. The highest BCUT2D eigenvalue weighted by atomic mass is 35.5. The first-order valence-corrected chi connectivity index (χ1v) is 5.62. The van der Waals surface area contributed by atoms with Gasteiger partial charge in [0, 0.05) is 5.02 Å². The molecule has 1 rings (SSSR count). The molecule has 0 saturated heterocycles. The molecule has 0 saturated carbocycles. The number of rotatable bonds is 5. The van der Waals surface area contributed by atoms with E-state index in [0.717, 1.165) is 0 Å². The van der Waals surface area contributed by atoms with Gasteiger partial charge in [-0.15, -0.1) is 0 Å². The average Bonchev–Trinajstić information content (AvgIpc) is 2.36. The number of hydrogen-bond donors (Lipinski definition) is 0. The van der Waals surface area contributed by atoms with E-state index in [4.69, 9.17) is 21.1 Å². The van der Waals surface area contributed by atoms with E-state index in [9.17, 15) is 9.59 Å². The van der Waals surface area contributed by atoms with Crippen LogP contribution >= 0.6 is 11.6 Å². The monoisotopic (exact) mass is 272 g/mol. The van der Waals surface area contributed by atoms with Crippen molar-refractivity contribution < 1.29 is 23.8 Å². The molecule has 0 spiro atoms. The van der Waals surface area contributed by atoms with E-state index in [-0.39, 0.29) is 17.9 Å². The van der Waals surface area contributed by atoms with E-state index in [0.29, 0.717) is 5.02 Å². The molecule has 0 heterocycles. The van der Waals surface area contributed by atoms with Crippen molar-refractivity contribution in [1.82, 2.24) is 0 Å². The maximum Gasteiger partial charge on any atom is 0.344 e. The minimum Gasteiger partial charge on any atom is -0.496 e. The second-order valence-corrected chi connectivity index (χ2v) is 3.66. The molecule has 0 radical (unpaired) electrons. The Morgan fingerprint density at radius 2 is 2.00 bits per heavy atom. The number of ether oxygens (including phenoxy) is 3. The topological polar surface area (TPSA) is 61.8 Å². The van der Waals surface area contributed by atoms with Gasteiger partial charge in [-0.3, -0.25) is 0 Å². The van der Waals surface area contributed by atoms with Crippen LogP contribution < -0.4 is 4.74 Å². The van der Waals surface area contributed by atoms with E-state index in [1.165, 1.54) is 25.3 Å². The molecular formula is C12H13ClO5. The Morgan fingerprint density at radius 3 is 2.61 bits per heavy atom. The van der Waals surface area contributed by atoms with E-state index in [2.05, 4.69) is 4.74 Å². The zero-order chi connectivity index (χ0) is 13.5. The predicted octanol–water partition coefficient (Wildman–Crippen LogP) is 2.07. The summed E-state index contributed by atoms with van der Waals surface area (Å²) in [5, 5.41) is 0.439. The van der Waals surface area contributed by atoms with Gasteiger partial charge in [0.1, 0.15) is 11.3 Å². The molecule has 0 atom stereocenters. The Balaban J connectivity index is 2.69. The van der Waals surface area contributed by atoms with Gasteiger partial charge in [-0.05, 0) is 25.1 Å². The van der Waals surface area contributed by atoms with Crippen LogP contribution in [0.1, 0.15) is 17.3 Å². The first-order valence-electron chi connectivity index (χ1n) is 5.24. The van der Waals surface area contributed by atoms with Crippen molar-refractivity contribution in [1.29, 1.82) is 0 Å². The lowest BCUT2D eigenvalue weighted by Gasteiger charge is -2.08. The third-order valence-corrected chi connectivity index (χ3v) is 2.25. The van der Waals surface area contributed by atoms with Crippen LogP contribution in [-0.2, 0) is 14.3 Å². The molecule has 0 unspecified atom stereocenters. The van der Waals surface area contributed by atoms with Crippen LogP contribution in [0.3, 0.4) is 0 Å². The summed E-state index contributed by atoms with van der Waals surface area (Å²) in [5.41, 5.74) is 0.200. The highest BCUT2D eigenvalue weighted by molar-refractivity contribution is 6.30. The van der Waals surface area contributed by atoms with Gasteiger partial charge in [0.2, 0.25) is 0 Å². The van der Waals surface area contributed by atoms with Crippen LogP contribution in [0.25, 0.3) is 0 Å². The lowest BCUT2D eigenvalue weighted by molar-refractivity contribution is -0.146. The largest absolute Gasteiger partial charge is 0.496 e. The molecule has 0 aliphatic heterocycles. The summed E-state index contributed by atoms with van der Waals surface area (Å²) >= 11 is 5.76. The molecule has 0 bridgehead atoms. The molecule has 0 aromatic heterocycles. The van der Waals surface area contributed by atoms with E-state index in [1.807, 2.05) is 0 Å². The van der Waals surface area contributed by atoms with Crippen molar-refractivity contribution in [3.8, 4) is 5.75 Å². The quantitative estimate of drug-likeness (QED) is 0.768. The smallest absolute Gasteiger partial charge is 0.344 e. The lowest BCUT2D eigenvalue weighted by atomic mass is 10.2. The number of carbonyl (C=O) groups is 2.